The molecule has 5 nitrogen and oxygen atoms in total. The lowest BCUT2D eigenvalue weighted by molar-refractivity contribution is -0.136. The lowest BCUT2D eigenvalue weighted by Gasteiger charge is -2.36. The fourth-order valence-electron chi connectivity index (χ4n) is 4.86. The first kappa shape index (κ1) is 22.2. The van der Waals surface area contributed by atoms with Crippen molar-refractivity contribution >= 4 is 23.1 Å². The molecule has 2 aliphatic rings. The number of carbonyl (C=O) groups excluding carboxylic acids is 2. The first-order chi connectivity index (χ1) is 16.5. The number of benzene rings is 2. The standard InChI is InChI=1S/C28H25NO4S/c1-17-25(28(31)32-2)26(18-8-6-11-21(14-18)33-20-9-4-3-5-10-20)27-22(29-17)15-19(16-23(27)30)24-12-7-13-34-24/h3-14,19,26,29H,15-16H2,1-2H3/t19-,26+/m0/s1. The molecule has 3 aromatic rings. The number of allylic oxidation sites excluding steroid dienone is 3. The molecule has 0 saturated heterocycles. The van der Waals surface area contributed by atoms with Crippen molar-refractivity contribution in [2.45, 2.75) is 31.6 Å². The highest BCUT2D eigenvalue weighted by molar-refractivity contribution is 7.10. The number of rotatable bonds is 5. The van der Waals surface area contributed by atoms with Gasteiger partial charge >= 0.3 is 5.97 Å². The quantitative estimate of drug-likeness (QED) is 0.457. The van der Waals surface area contributed by atoms with E-state index < -0.39 is 11.9 Å². The molecule has 5 rings (SSSR count). The highest BCUT2D eigenvalue weighted by atomic mass is 32.1. The van der Waals surface area contributed by atoms with Crippen LogP contribution < -0.4 is 10.1 Å². The van der Waals surface area contributed by atoms with E-state index in [2.05, 4.69) is 11.4 Å². The van der Waals surface area contributed by atoms with Gasteiger partial charge in [0.15, 0.2) is 5.78 Å². The van der Waals surface area contributed by atoms with E-state index in [1.165, 1.54) is 12.0 Å². The maximum absolute atomic E-state index is 13.6. The first-order valence-electron chi connectivity index (χ1n) is 11.2. The highest BCUT2D eigenvalue weighted by Crippen LogP contribution is 2.46. The number of Topliss-reactive ketones (excluding diaryl/α,β-unsaturated/α-hetero) is 1. The van der Waals surface area contributed by atoms with Crippen LogP contribution in [0.15, 0.2) is 94.7 Å². The van der Waals surface area contributed by atoms with Gasteiger partial charge in [-0.05, 0) is 54.6 Å². The van der Waals surface area contributed by atoms with Gasteiger partial charge in [0, 0.05) is 40.1 Å². The molecule has 2 atom stereocenters. The minimum atomic E-state index is -0.514. The topological polar surface area (TPSA) is 64.6 Å². The van der Waals surface area contributed by atoms with E-state index in [1.807, 2.05) is 73.0 Å². The summed E-state index contributed by atoms with van der Waals surface area (Å²) in [4.78, 5) is 27.6. The number of para-hydroxylation sites is 1. The molecule has 1 N–H and O–H groups in total. The molecule has 6 heteroatoms. The number of methoxy groups -OCH3 is 1. The Morgan fingerprint density at radius 1 is 1.00 bits per heavy atom. The Bertz CT molecular complexity index is 1290. The van der Waals surface area contributed by atoms with E-state index in [9.17, 15) is 9.59 Å². The summed E-state index contributed by atoms with van der Waals surface area (Å²) in [6.07, 6.45) is 1.15. The van der Waals surface area contributed by atoms with Crippen LogP contribution in [0.5, 0.6) is 11.5 Å². The Labute approximate surface area is 202 Å². The molecule has 0 spiro atoms. The smallest absolute Gasteiger partial charge is 0.336 e. The van der Waals surface area contributed by atoms with E-state index in [0.29, 0.717) is 29.0 Å². The minimum Gasteiger partial charge on any atom is -0.466 e. The molecule has 0 amide bonds. The van der Waals surface area contributed by atoms with E-state index in [-0.39, 0.29) is 11.7 Å². The molecule has 34 heavy (non-hydrogen) atoms. The second-order valence-corrected chi connectivity index (χ2v) is 9.49. The summed E-state index contributed by atoms with van der Waals surface area (Å²) >= 11 is 1.68. The Morgan fingerprint density at radius 2 is 1.79 bits per heavy atom. The van der Waals surface area contributed by atoms with E-state index in [0.717, 1.165) is 23.4 Å². The number of ketones is 1. The number of esters is 1. The number of thiophene rings is 1. The number of hydrogen-bond acceptors (Lipinski definition) is 6. The molecule has 1 aliphatic heterocycles. The van der Waals surface area contributed by atoms with Crippen molar-refractivity contribution in [2.24, 2.45) is 0 Å². The van der Waals surface area contributed by atoms with Gasteiger partial charge in [-0.1, -0.05) is 36.4 Å². The van der Waals surface area contributed by atoms with Crippen molar-refractivity contribution in [2.75, 3.05) is 7.11 Å². The molecule has 1 aliphatic carbocycles. The maximum Gasteiger partial charge on any atom is 0.336 e. The van der Waals surface area contributed by atoms with Crippen molar-refractivity contribution in [1.82, 2.24) is 5.32 Å². The van der Waals surface area contributed by atoms with E-state index >= 15 is 0 Å². The Kier molecular flexibility index (Phi) is 6.07. The van der Waals surface area contributed by atoms with Gasteiger partial charge in [0.05, 0.1) is 12.7 Å². The van der Waals surface area contributed by atoms with Gasteiger partial charge in [0.2, 0.25) is 0 Å². The molecule has 0 radical (unpaired) electrons. The van der Waals surface area contributed by atoms with Crippen LogP contribution in [0.1, 0.15) is 42.0 Å². The third-order valence-corrected chi connectivity index (χ3v) is 7.38. The first-order valence-corrected chi connectivity index (χ1v) is 12.1. The molecular weight excluding hydrogens is 446 g/mol. The van der Waals surface area contributed by atoms with E-state index in [1.54, 1.807) is 11.3 Å². The van der Waals surface area contributed by atoms with Crippen LogP contribution in [-0.4, -0.2) is 18.9 Å². The van der Waals surface area contributed by atoms with Gasteiger partial charge in [-0.15, -0.1) is 11.3 Å². The largest absolute Gasteiger partial charge is 0.466 e. The lowest BCUT2D eigenvalue weighted by atomic mass is 9.72. The number of dihydropyridines is 1. The SMILES string of the molecule is COC(=O)C1=C(C)NC2=C(C(=O)C[C@@H](c3cccs3)C2)[C@@H]1c1cccc(Oc2ccccc2)c1. The second kappa shape index (κ2) is 9.31. The average molecular weight is 472 g/mol. The van der Waals surface area contributed by atoms with Crippen molar-refractivity contribution in [3.8, 4) is 11.5 Å². The second-order valence-electron chi connectivity index (χ2n) is 8.51. The molecule has 0 bridgehead atoms. The lowest BCUT2D eigenvalue weighted by Crippen LogP contribution is -2.35. The highest BCUT2D eigenvalue weighted by Gasteiger charge is 2.41. The molecular formula is C28H25NO4S. The van der Waals surface area contributed by atoms with Crippen LogP contribution in [0.25, 0.3) is 0 Å². The third-order valence-electron chi connectivity index (χ3n) is 6.35. The van der Waals surface area contributed by atoms with Crippen LogP contribution in [0.3, 0.4) is 0 Å². The maximum atomic E-state index is 13.6. The number of ether oxygens (including phenoxy) is 2. The third kappa shape index (κ3) is 4.17. The zero-order valence-corrected chi connectivity index (χ0v) is 19.9. The molecule has 0 unspecified atom stereocenters. The average Bonchev–Trinajstić information content (AvgIpc) is 3.38. The summed E-state index contributed by atoms with van der Waals surface area (Å²) in [6.45, 7) is 1.87. The summed E-state index contributed by atoms with van der Waals surface area (Å²) in [7, 11) is 1.37. The van der Waals surface area contributed by atoms with Gasteiger partial charge in [-0.2, -0.15) is 0 Å². The Morgan fingerprint density at radius 3 is 2.53 bits per heavy atom. The van der Waals surface area contributed by atoms with Gasteiger partial charge in [-0.25, -0.2) is 4.79 Å². The van der Waals surface area contributed by atoms with Crippen molar-refractivity contribution < 1.29 is 19.1 Å². The molecule has 1 aromatic heterocycles. The van der Waals surface area contributed by atoms with Gasteiger partial charge < -0.3 is 14.8 Å². The van der Waals surface area contributed by atoms with E-state index in [4.69, 9.17) is 9.47 Å². The number of hydrogen-bond donors (Lipinski definition) is 1. The monoisotopic (exact) mass is 471 g/mol. The predicted molar refractivity (Wildman–Crippen MR) is 132 cm³/mol. The van der Waals surface area contributed by atoms with Crippen molar-refractivity contribution in [3.63, 3.8) is 0 Å². The molecule has 2 aromatic carbocycles. The van der Waals surface area contributed by atoms with Gasteiger partial charge in [0.25, 0.3) is 0 Å². The predicted octanol–water partition coefficient (Wildman–Crippen LogP) is 6.08. The van der Waals surface area contributed by atoms with Crippen molar-refractivity contribution in [3.05, 3.63) is 105 Å². The summed E-state index contributed by atoms with van der Waals surface area (Å²) in [5.74, 6) is 0.604. The Hall–Kier alpha value is -3.64. The van der Waals surface area contributed by atoms with Gasteiger partial charge in [-0.3, -0.25) is 4.79 Å². The van der Waals surface area contributed by atoms with Crippen molar-refractivity contribution in [1.29, 1.82) is 0 Å². The molecule has 172 valence electrons. The number of nitrogens with one attached hydrogen (secondary N) is 1. The zero-order chi connectivity index (χ0) is 23.7. The summed E-state index contributed by atoms with van der Waals surface area (Å²) in [5.41, 5.74) is 3.53. The minimum absolute atomic E-state index is 0.0560. The normalized spacial score (nSPS) is 20.0. The fraction of sp³-hybridized carbons (Fsp3) is 0.214. The molecule has 2 heterocycles. The summed E-state index contributed by atoms with van der Waals surface area (Å²) in [5, 5.41) is 5.41. The molecule has 0 fully saturated rings. The van der Waals surface area contributed by atoms with Gasteiger partial charge in [0.1, 0.15) is 11.5 Å². The fourth-order valence-corrected chi connectivity index (χ4v) is 5.69. The summed E-state index contributed by atoms with van der Waals surface area (Å²) in [6, 6.07) is 21.2. The van der Waals surface area contributed by atoms with Crippen LogP contribution in [0.4, 0.5) is 0 Å². The number of carbonyl (C=O) groups is 2. The van der Waals surface area contributed by atoms with Crippen LogP contribution in [0, 0.1) is 0 Å². The Balaban J connectivity index is 1.57. The zero-order valence-electron chi connectivity index (χ0n) is 19.0. The molecule has 0 saturated carbocycles. The van der Waals surface area contributed by atoms with Crippen LogP contribution >= 0.6 is 11.3 Å². The summed E-state index contributed by atoms with van der Waals surface area (Å²) < 4.78 is 11.2. The van der Waals surface area contributed by atoms with Crippen LogP contribution in [-0.2, 0) is 14.3 Å². The van der Waals surface area contributed by atoms with Crippen LogP contribution in [0.2, 0.25) is 0 Å².